The summed E-state index contributed by atoms with van der Waals surface area (Å²) in [5.74, 6) is 1.45. The first-order valence-electron chi connectivity index (χ1n) is 8.46. The molecule has 0 atom stereocenters. The molecule has 4 bridgehead atoms. The smallest absolute Gasteiger partial charge is 0.354 e. The number of hydrogen-bond acceptors (Lipinski definition) is 6. The van der Waals surface area contributed by atoms with Crippen LogP contribution >= 0.6 is 11.5 Å². The molecule has 5 rings (SSSR count). The number of methoxy groups -OCH3 is 1. The highest BCUT2D eigenvalue weighted by Crippen LogP contribution is 2.60. The lowest BCUT2D eigenvalue weighted by Gasteiger charge is -2.55. The zero-order valence-electron chi connectivity index (χ0n) is 13.7. The van der Waals surface area contributed by atoms with Crippen molar-refractivity contribution in [2.45, 2.75) is 38.5 Å². The fourth-order valence-electron chi connectivity index (χ4n) is 5.28. The Morgan fingerprint density at radius 1 is 1.25 bits per heavy atom. The van der Waals surface area contributed by atoms with Gasteiger partial charge in [0.25, 0.3) is 0 Å². The van der Waals surface area contributed by atoms with Gasteiger partial charge in [0.15, 0.2) is 0 Å². The van der Waals surface area contributed by atoms with Crippen molar-refractivity contribution >= 4 is 29.5 Å². The molecular formula is C17H21N3O3S. The number of carbonyl (C=O) groups is 2. The van der Waals surface area contributed by atoms with E-state index in [1.54, 1.807) is 5.38 Å². The van der Waals surface area contributed by atoms with Crippen LogP contribution in [0.1, 0.15) is 44.2 Å². The predicted octanol–water partition coefficient (Wildman–Crippen LogP) is 2.38. The van der Waals surface area contributed by atoms with Crippen LogP contribution in [0.2, 0.25) is 0 Å². The summed E-state index contributed by atoms with van der Waals surface area (Å²) in [6.45, 7) is 0. The highest BCUT2D eigenvalue weighted by molar-refractivity contribution is 7.03. The van der Waals surface area contributed by atoms with Gasteiger partial charge >= 0.3 is 5.97 Å². The van der Waals surface area contributed by atoms with Crippen LogP contribution in [0, 0.1) is 23.2 Å². The van der Waals surface area contributed by atoms with Gasteiger partial charge in [0.1, 0.15) is 11.4 Å². The summed E-state index contributed by atoms with van der Waals surface area (Å²) in [7, 11) is 1.31. The van der Waals surface area contributed by atoms with E-state index in [9.17, 15) is 9.59 Å². The van der Waals surface area contributed by atoms with Gasteiger partial charge in [-0.2, -0.15) is 0 Å². The van der Waals surface area contributed by atoms with Crippen molar-refractivity contribution in [2.75, 3.05) is 7.11 Å². The summed E-state index contributed by atoms with van der Waals surface area (Å²) in [6, 6.07) is 0. The summed E-state index contributed by atoms with van der Waals surface area (Å²) in [5, 5.41) is 8.47. The van der Waals surface area contributed by atoms with Crippen LogP contribution in [-0.2, 0) is 14.3 Å². The van der Waals surface area contributed by atoms with Crippen molar-refractivity contribution in [3.8, 4) is 0 Å². The van der Waals surface area contributed by atoms with Gasteiger partial charge in [-0.05, 0) is 73.9 Å². The predicted molar refractivity (Wildman–Crippen MR) is 88.6 cm³/mol. The van der Waals surface area contributed by atoms with Crippen LogP contribution in [-0.4, -0.2) is 28.6 Å². The monoisotopic (exact) mass is 347 g/mol. The van der Waals surface area contributed by atoms with Crippen molar-refractivity contribution in [2.24, 2.45) is 23.2 Å². The second-order valence-corrected chi connectivity index (χ2v) is 8.14. The van der Waals surface area contributed by atoms with Crippen molar-refractivity contribution in [3.63, 3.8) is 0 Å². The Balaban J connectivity index is 1.56. The van der Waals surface area contributed by atoms with E-state index < -0.39 is 5.97 Å². The van der Waals surface area contributed by atoms with Gasteiger partial charge in [0.2, 0.25) is 5.91 Å². The van der Waals surface area contributed by atoms with Crippen LogP contribution in [0.15, 0.2) is 11.1 Å². The maximum atomic E-state index is 13.1. The highest BCUT2D eigenvalue weighted by Gasteiger charge is 2.54. The lowest BCUT2D eigenvalue weighted by atomic mass is 9.49. The van der Waals surface area contributed by atoms with Crippen LogP contribution in [0.25, 0.3) is 6.08 Å². The molecule has 1 N–H and O–H groups in total. The lowest BCUT2D eigenvalue weighted by molar-refractivity contribution is -0.147. The minimum Gasteiger partial charge on any atom is -0.464 e. The molecule has 4 fully saturated rings. The Morgan fingerprint density at radius 2 is 1.88 bits per heavy atom. The van der Waals surface area contributed by atoms with Gasteiger partial charge in [0, 0.05) is 5.38 Å². The van der Waals surface area contributed by atoms with Gasteiger partial charge < -0.3 is 10.1 Å². The number of esters is 1. The normalized spacial score (nSPS) is 34.2. The first-order chi connectivity index (χ1) is 11.6. The Bertz CT molecular complexity index is 648. The van der Waals surface area contributed by atoms with Gasteiger partial charge in [-0.3, -0.25) is 4.79 Å². The van der Waals surface area contributed by atoms with E-state index in [0.717, 1.165) is 19.3 Å². The molecule has 7 heteroatoms. The Hall–Kier alpha value is -1.76. The number of hydrogen-bond donors (Lipinski definition) is 1. The molecule has 0 radical (unpaired) electrons. The van der Waals surface area contributed by atoms with Crippen LogP contribution in [0.5, 0.6) is 0 Å². The quantitative estimate of drug-likeness (QED) is 0.668. The number of aromatic nitrogens is 2. The third-order valence-corrected chi connectivity index (χ3v) is 6.37. The maximum Gasteiger partial charge on any atom is 0.354 e. The standard InChI is InChI=1S/C17H21N3O3S/c1-23-15(21)14(5-13-9-24-20-19-13)18-16(22)17-6-10-2-11(7-17)4-12(3-10)8-17/h5,9-12H,2-4,6-8H2,1H3,(H,18,22)/b14-5+. The molecule has 0 spiro atoms. The van der Waals surface area contributed by atoms with Gasteiger partial charge in [0.05, 0.1) is 12.5 Å². The molecular weight excluding hydrogens is 326 g/mol. The molecule has 1 amide bonds. The van der Waals surface area contributed by atoms with Gasteiger partial charge in [-0.1, -0.05) is 4.49 Å². The van der Waals surface area contributed by atoms with Gasteiger partial charge in [-0.15, -0.1) is 5.10 Å². The summed E-state index contributed by atoms with van der Waals surface area (Å²) >= 11 is 1.20. The average Bonchev–Trinajstić information content (AvgIpc) is 3.05. The largest absolute Gasteiger partial charge is 0.464 e. The first-order valence-corrected chi connectivity index (χ1v) is 9.30. The molecule has 6 nitrogen and oxygen atoms in total. The van der Waals surface area contributed by atoms with Crippen molar-refractivity contribution < 1.29 is 14.3 Å². The summed E-state index contributed by atoms with van der Waals surface area (Å²) < 4.78 is 8.59. The molecule has 0 saturated heterocycles. The molecule has 1 heterocycles. The molecule has 0 unspecified atom stereocenters. The molecule has 4 aliphatic rings. The number of rotatable bonds is 4. The van der Waals surface area contributed by atoms with E-state index in [0.29, 0.717) is 23.4 Å². The molecule has 1 aromatic rings. The molecule has 4 saturated carbocycles. The van der Waals surface area contributed by atoms with Crippen LogP contribution in [0.4, 0.5) is 0 Å². The molecule has 4 aliphatic carbocycles. The average molecular weight is 347 g/mol. The summed E-state index contributed by atoms with van der Waals surface area (Å²) in [4.78, 5) is 25.1. The second kappa shape index (κ2) is 5.95. The number of amides is 1. The molecule has 0 aliphatic heterocycles. The molecule has 24 heavy (non-hydrogen) atoms. The summed E-state index contributed by atoms with van der Waals surface area (Å²) in [5.41, 5.74) is 0.388. The minimum absolute atomic E-state index is 0.0264. The van der Waals surface area contributed by atoms with E-state index in [-0.39, 0.29) is 17.0 Å². The lowest BCUT2D eigenvalue weighted by Crippen LogP contribution is -2.53. The van der Waals surface area contributed by atoms with E-state index >= 15 is 0 Å². The van der Waals surface area contributed by atoms with Gasteiger partial charge in [-0.25, -0.2) is 4.79 Å². The van der Waals surface area contributed by atoms with Crippen molar-refractivity contribution in [1.29, 1.82) is 0 Å². The third kappa shape index (κ3) is 2.75. The molecule has 128 valence electrons. The minimum atomic E-state index is -0.555. The van der Waals surface area contributed by atoms with E-state index in [1.165, 1.54) is 44.0 Å². The highest BCUT2D eigenvalue weighted by atomic mass is 32.1. The van der Waals surface area contributed by atoms with E-state index in [4.69, 9.17) is 4.74 Å². The maximum absolute atomic E-state index is 13.1. The van der Waals surface area contributed by atoms with E-state index in [2.05, 4.69) is 14.9 Å². The third-order valence-electron chi connectivity index (χ3n) is 5.84. The van der Waals surface area contributed by atoms with Crippen molar-refractivity contribution in [3.05, 3.63) is 16.8 Å². The Morgan fingerprint density at radius 3 is 2.38 bits per heavy atom. The Labute approximate surface area is 144 Å². The van der Waals surface area contributed by atoms with Crippen LogP contribution < -0.4 is 5.32 Å². The fourth-order valence-corrected chi connectivity index (χ4v) is 5.69. The molecule has 1 aromatic heterocycles. The number of carbonyl (C=O) groups excluding carboxylic acids is 2. The fraction of sp³-hybridized carbons (Fsp3) is 0.647. The Kier molecular flexibility index (Phi) is 3.90. The number of nitrogens with zero attached hydrogens (tertiary/aromatic N) is 2. The SMILES string of the molecule is COC(=O)/C(=C\c1csnn1)NC(=O)C12CC3CC(CC(C3)C1)C2. The topological polar surface area (TPSA) is 81.2 Å². The van der Waals surface area contributed by atoms with Crippen LogP contribution in [0.3, 0.4) is 0 Å². The number of nitrogens with one attached hydrogen (secondary N) is 1. The zero-order chi connectivity index (χ0) is 16.7. The number of ether oxygens (including phenoxy) is 1. The first kappa shape index (κ1) is 15.7. The van der Waals surface area contributed by atoms with Crippen molar-refractivity contribution in [1.82, 2.24) is 14.9 Å². The van der Waals surface area contributed by atoms with E-state index in [1.807, 2.05) is 0 Å². The summed E-state index contributed by atoms with van der Waals surface area (Å²) in [6.07, 6.45) is 8.23. The second-order valence-electron chi connectivity index (χ2n) is 7.53. The molecule has 0 aromatic carbocycles. The zero-order valence-corrected chi connectivity index (χ0v) is 14.5.